The zero-order valence-corrected chi connectivity index (χ0v) is 6.17. The van der Waals surface area contributed by atoms with Crippen LogP contribution in [0.1, 0.15) is 0 Å². The molecule has 0 aromatic carbocycles. The smallest absolute Gasteiger partial charge is 0.184 e. The first kappa shape index (κ1) is 9.82. The summed E-state index contributed by atoms with van der Waals surface area (Å²) in [5, 5.41) is 35.2. The largest absolute Gasteiger partial charge is 0.394 e. The van der Waals surface area contributed by atoms with Crippen molar-refractivity contribution in [2.24, 2.45) is 0 Å². The Morgan fingerprint density at radius 2 is 1.75 bits per heavy atom. The van der Waals surface area contributed by atoms with Crippen LogP contribution in [0.2, 0.25) is 0 Å². The van der Waals surface area contributed by atoms with Gasteiger partial charge in [-0.2, -0.15) is 0 Å². The van der Waals surface area contributed by atoms with Crippen molar-refractivity contribution in [3.63, 3.8) is 0 Å². The van der Waals surface area contributed by atoms with Gasteiger partial charge in [0, 0.05) is 0 Å². The molecule has 72 valence electrons. The Hall–Kier alpha value is -0.270. The molecule has 5 atom stereocenters. The second kappa shape index (κ2) is 3.63. The number of aliphatic hydroxyl groups is 4. The number of rotatable bonds is 1. The van der Waals surface area contributed by atoms with Gasteiger partial charge in [-0.25, -0.2) is 4.39 Å². The predicted molar refractivity (Wildman–Crippen MR) is 34.9 cm³/mol. The highest BCUT2D eigenvalue weighted by atomic mass is 19.1. The molecule has 6 heteroatoms. The molecule has 0 aromatic heterocycles. The highest BCUT2D eigenvalue weighted by molar-refractivity contribution is 4.88. The summed E-state index contributed by atoms with van der Waals surface area (Å²) in [5.74, 6) is 0. The number of halogens is 1. The second-order valence-electron chi connectivity index (χ2n) is 2.67. The van der Waals surface area contributed by atoms with E-state index in [1.165, 1.54) is 0 Å². The van der Waals surface area contributed by atoms with Gasteiger partial charge in [-0.3, -0.25) is 0 Å². The zero-order chi connectivity index (χ0) is 9.30. The average molecular weight is 182 g/mol. The minimum atomic E-state index is -1.88. The number of alkyl halides is 1. The molecule has 5 nitrogen and oxygen atoms in total. The number of aliphatic hydroxyl groups excluding tert-OH is 4. The van der Waals surface area contributed by atoms with Crippen molar-refractivity contribution in [1.29, 1.82) is 0 Å². The van der Waals surface area contributed by atoms with E-state index in [1.807, 2.05) is 0 Å². The lowest BCUT2D eigenvalue weighted by Crippen LogP contribution is -2.56. The number of ether oxygens (including phenoxy) is 1. The van der Waals surface area contributed by atoms with Crippen LogP contribution in [0.4, 0.5) is 4.39 Å². The average Bonchev–Trinajstić information content (AvgIpc) is 2.08. The highest BCUT2D eigenvalue weighted by Crippen LogP contribution is 2.21. The SMILES string of the molecule is OC[C@@H]1O[C@H](O)[C@H](O)[C@@H](O)[C@@H]1F. The van der Waals surface area contributed by atoms with Crippen molar-refractivity contribution < 1.29 is 29.6 Å². The lowest BCUT2D eigenvalue weighted by Gasteiger charge is -2.36. The molecule has 1 aliphatic heterocycles. The van der Waals surface area contributed by atoms with Crippen LogP contribution >= 0.6 is 0 Å². The summed E-state index contributed by atoms with van der Waals surface area (Å²) >= 11 is 0. The first-order valence-corrected chi connectivity index (χ1v) is 3.52. The van der Waals surface area contributed by atoms with Crippen LogP contribution < -0.4 is 0 Å². The van der Waals surface area contributed by atoms with Gasteiger partial charge < -0.3 is 25.2 Å². The first-order chi connectivity index (χ1) is 5.57. The normalized spacial score (nSPS) is 49.2. The van der Waals surface area contributed by atoms with E-state index in [0.717, 1.165) is 0 Å². The molecule has 0 bridgehead atoms. The molecule has 0 spiro atoms. The van der Waals surface area contributed by atoms with E-state index in [2.05, 4.69) is 4.74 Å². The van der Waals surface area contributed by atoms with E-state index in [1.54, 1.807) is 0 Å². The number of hydrogen-bond acceptors (Lipinski definition) is 5. The van der Waals surface area contributed by atoms with Crippen LogP contribution in [-0.4, -0.2) is 57.8 Å². The van der Waals surface area contributed by atoms with Crippen molar-refractivity contribution in [2.45, 2.75) is 30.8 Å². The van der Waals surface area contributed by atoms with E-state index in [4.69, 9.17) is 20.4 Å². The lowest BCUT2D eigenvalue weighted by molar-refractivity contribution is -0.274. The van der Waals surface area contributed by atoms with Crippen LogP contribution in [0.15, 0.2) is 0 Å². The summed E-state index contributed by atoms with van der Waals surface area (Å²) in [7, 11) is 0. The van der Waals surface area contributed by atoms with Crippen LogP contribution in [-0.2, 0) is 4.74 Å². The van der Waals surface area contributed by atoms with E-state index in [0.29, 0.717) is 0 Å². The third-order valence-electron chi connectivity index (χ3n) is 1.82. The number of hydrogen-bond donors (Lipinski definition) is 4. The molecule has 1 aliphatic rings. The van der Waals surface area contributed by atoms with Gasteiger partial charge in [0.05, 0.1) is 6.61 Å². The van der Waals surface area contributed by atoms with Crippen LogP contribution in [0.5, 0.6) is 0 Å². The van der Waals surface area contributed by atoms with Crippen molar-refractivity contribution in [1.82, 2.24) is 0 Å². The summed E-state index contributed by atoms with van der Waals surface area (Å²) in [6, 6.07) is 0. The standard InChI is InChI=1S/C6H11FO5/c7-3-2(1-8)12-6(11)5(10)4(3)9/h2-6,8-11H,1H2/t2-,3+,4-,5+,6-/m0/s1. The highest BCUT2D eigenvalue weighted by Gasteiger charge is 2.43. The quantitative estimate of drug-likeness (QED) is 0.368. The molecular weight excluding hydrogens is 171 g/mol. The topological polar surface area (TPSA) is 90.2 Å². The van der Waals surface area contributed by atoms with E-state index in [9.17, 15) is 4.39 Å². The molecule has 12 heavy (non-hydrogen) atoms. The maximum absolute atomic E-state index is 12.9. The Morgan fingerprint density at radius 1 is 1.17 bits per heavy atom. The Bertz CT molecular complexity index is 150. The zero-order valence-electron chi connectivity index (χ0n) is 6.17. The van der Waals surface area contributed by atoms with Crippen LogP contribution in [0.3, 0.4) is 0 Å². The van der Waals surface area contributed by atoms with Gasteiger partial charge >= 0.3 is 0 Å². The van der Waals surface area contributed by atoms with Crippen molar-refractivity contribution in [3.8, 4) is 0 Å². The van der Waals surface area contributed by atoms with E-state index < -0.39 is 37.4 Å². The third kappa shape index (κ3) is 1.57. The molecule has 0 radical (unpaired) electrons. The molecule has 1 rings (SSSR count). The Morgan fingerprint density at radius 3 is 2.25 bits per heavy atom. The second-order valence-corrected chi connectivity index (χ2v) is 2.67. The monoisotopic (exact) mass is 182 g/mol. The molecule has 1 saturated heterocycles. The third-order valence-corrected chi connectivity index (χ3v) is 1.82. The minimum absolute atomic E-state index is 0.651. The maximum Gasteiger partial charge on any atom is 0.184 e. The molecule has 1 heterocycles. The van der Waals surface area contributed by atoms with Crippen LogP contribution in [0, 0.1) is 0 Å². The van der Waals surface area contributed by atoms with Crippen molar-refractivity contribution in [2.75, 3.05) is 6.61 Å². The molecule has 0 amide bonds. The molecule has 0 aromatic rings. The Labute approximate surface area is 68.0 Å². The minimum Gasteiger partial charge on any atom is -0.394 e. The van der Waals surface area contributed by atoms with Gasteiger partial charge in [0.15, 0.2) is 12.5 Å². The molecular formula is C6H11FO5. The fourth-order valence-corrected chi connectivity index (χ4v) is 1.06. The summed E-state index contributed by atoms with van der Waals surface area (Å²) < 4.78 is 17.3. The Kier molecular flexibility index (Phi) is 2.97. The molecule has 1 fully saturated rings. The predicted octanol–water partition coefficient (Wildman–Crippen LogP) is -2.24. The summed E-state index contributed by atoms with van der Waals surface area (Å²) in [6.45, 7) is -0.651. The fraction of sp³-hybridized carbons (Fsp3) is 1.00. The van der Waals surface area contributed by atoms with Crippen molar-refractivity contribution >= 4 is 0 Å². The van der Waals surface area contributed by atoms with Gasteiger partial charge in [0.25, 0.3) is 0 Å². The lowest BCUT2D eigenvalue weighted by atomic mass is 10.0. The van der Waals surface area contributed by atoms with E-state index >= 15 is 0 Å². The van der Waals surface area contributed by atoms with Gasteiger partial charge in [0.1, 0.15) is 18.3 Å². The van der Waals surface area contributed by atoms with Gasteiger partial charge in [-0.1, -0.05) is 0 Å². The maximum atomic E-state index is 12.9. The van der Waals surface area contributed by atoms with Gasteiger partial charge in [-0.05, 0) is 0 Å². The molecule has 0 unspecified atom stereocenters. The van der Waals surface area contributed by atoms with E-state index in [-0.39, 0.29) is 0 Å². The van der Waals surface area contributed by atoms with Crippen molar-refractivity contribution in [3.05, 3.63) is 0 Å². The molecule has 0 saturated carbocycles. The first-order valence-electron chi connectivity index (χ1n) is 3.52. The summed E-state index contributed by atoms with van der Waals surface area (Å²) in [6.07, 6.45) is -8.19. The Balaban J connectivity index is 2.63. The van der Waals surface area contributed by atoms with Gasteiger partial charge in [-0.15, -0.1) is 0 Å². The van der Waals surface area contributed by atoms with Crippen LogP contribution in [0.25, 0.3) is 0 Å². The molecule has 4 N–H and O–H groups in total. The summed E-state index contributed by atoms with van der Waals surface area (Å²) in [4.78, 5) is 0. The molecule has 0 aliphatic carbocycles. The van der Waals surface area contributed by atoms with Gasteiger partial charge in [0.2, 0.25) is 0 Å². The fourth-order valence-electron chi connectivity index (χ4n) is 1.06. The summed E-state index contributed by atoms with van der Waals surface area (Å²) in [5.41, 5.74) is 0.